The highest BCUT2D eigenvalue weighted by molar-refractivity contribution is 6.03. The SMILES string of the molecule is CC[C@H](C)N1C(=O)[C@@H]2[C@H](C(=O)Nc3ccc(Oc4ccccc4)cc3)[C@@H]3C=C[C@@]2(O3)[C@@H]1C(=O)NC1CCCCC1. The average Bonchev–Trinajstić information content (AvgIpc) is 3.62. The topological polar surface area (TPSA) is 97.0 Å². The van der Waals surface area contributed by atoms with Crippen LogP contribution in [0.1, 0.15) is 52.4 Å². The lowest BCUT2D eigenvalue weighted by molar-refractivity contribution is -0.143. The van der Waals surface area contributed by atoms with Crippen LogP contribution in [0.2, 0.25) is 0 Å². The number of likely N-dealkylation sites (tertiary alicyclic amines) is 1. The van der Waals surface area contributed by atoms with E-state index in [4.69, 9.17) is 9.47 Å². The minimum atomic E-state index is -1.14. The highest BCUT2D eigenvalue weighted by Gasteiger charge is 2.73. The number of amides is 3. The van der Waals surface area contributed by atoms with Crippen molar-refractivity contribution < 1.29 is 23.9 Å². The maximum Gasteiger partial charge on any atom is 0.246 e. The number of carbonyl (C=O) groups excluding carboxylic acids is 3. The van der Waals surface area contributed by atoms with Gasteiger partial charge in [0.1, 0.15) is 23.1 Å². The Hall–Kier alpha value is -3.65. The third-order valence-corrected chi connectivity index (χ3v) is 8.98. The van der Waals surface area contributed by atoms with E-state index in [1.54, 1.807) is 29.2 Å². The molecule has 210 valence electrons. The van der Waals surface area contributed by atoms with E-state index >= 15 is 0 Å². The summed E-state index contributed by atoms with van der Waals surface area (Å²) in [6.07, 6.45) is 9.14. The monoisotopic (exact) mass is 543 g/mol. The van der Waals surface area contributed by atoms with Gasteiger partial charge >= 0.3 is 0 Å². The summed E-state index contributed by atoms with van der Waals surface area (Å²) in [5, 5.41) is 6.21. The largest absolute Gasteiger partial charge is 0.457 e. The van der Waals surface area contributed by atoms with Crippen molar-refractivity contribution in [2.24, 2.45) is 11.8 Å². The predicted octanol–water partition coefficient (Wildman–Crippen LogP) is 4.82. The number of ether oxygens (including phenoxy) is 2. The first-order valence-electron chi connectivity index (χ1n) is 14.5. The molecule has 8 nitrogen and oxygen atoms in total. The summed E-state index contributed by atoms with van der Waals surface area (Å²) in [6, 6.07) is 15.8. The van der Waals surface area contributed by atoms with Crippen LogP contribution in [0.3, 0.4) is 0 Å². The molecule has 6 rings (SSSR count). The molecule has 0 radical (unpaired) electrons. The number of nitrogens with zero attached hydrogens (tertiary/aromatic N) is 1. The summed E-state index contributed by atoms with van der Waals surface area (Å²) in [5.74, 6) is -0.750. The molecule has 3 fully saturated rings. The van der Waals surface area contributed by atoms with Gasteiger partial charge in [0.25, 0.3) is 0 Å². The fraction of sp³-hybridized carbons (Fsp3) is 0.469. The van der Waals surface area contributed by atoms with Crippen molar-refractivity contribution in [3.8, 4) is 11.5 Å². The van der Waals surface area contributed by atoms with E-state index in [9.17, 15) is 14.4 Å². The molecule has 8 heteroatoms. The number of fused-ring (bicyclic) bond motifs is 1. The molecule has 1 spiro atoms. The highest BCUT2D eigenvalue weighted by Crippen LogP contribution is 2.55. The summed E-state index contributed by atoms with van der Waals surface area (Å²) in [7, 11) is 0. The number of hydrogen-bond donors (Lipinski definition) is 2. The molecular weight excluding hydrogens is 506 g/mol. The third-order valence-electron chi connectivity index (χ3n) is 8.98. The van der Waals surface area contributed by atoms with Crippen molar-refractivity contribution in [1.29, 1.82) is 0 Å². The van der Waals surface area contributed by atoms with Crippen molar-refractivity contribution in [2.75, 3.05) is 5.32 Å². The molecule has 2 bridgehead atoms. The van der Waals surface area contributed by atoms with E-state index < -0.39 is 29.6 Å². The Morgan fingerprint density at radius 1 is 1.02 bits per heavy atom. The van der Waals surface area contributed by atoms with Crippen LogP contribution < -0.4 is 15.4 Å². The van der Waals surface area contributed by atoms with Crippen LogP contribution in [0.25, 0.3) is 0 Å². The van der Waals surface area contributed by atoms with E-state index in [2.05, 4.69) is 10.6 Å². The Bertz CT molecular complexity index is 1290. The Kier molecular flexibility index (Phi) is 7.13. The first-order valence-corrected chi connectivity index (χ1v) is 14.5. The minimum Gasteiger partial charge on any atom is -0.457 e. The Balaban J connectivity index is 1.21. The summed E-state index contributed by atoms with van der Waals surface area (Å²) >= 11 is 0. The number of anilines is 1. The summed E-state index contributed by atoms with van der Waals surface area (Å²) < 4.78 is 12.3. The van der Waals surface area contributed by atoms with Gasteiger partial charge < -0.3 is 25.0 Å². The number of carbonyl (C=O) groups is 3. The maximum atomic E-state index is 14.0. The van der Waals surface area contributed by atoms with Crippen LogP contribution in [0.4, 0.5) is 5.69 Å². The number of rotatable bonds is 8. The van der Waals surface area contributed by atoms with Crippen molar-refractivity contribution in [2.45, 2.75) is 82.2 Å². The van der Waals surface area contributed by atoms with Crippen molar-refractivity contribution in [1.82, 2.24) is 10.2 Å². The molecule has 1 saturated carbocycles. The number of hydrogen-bond acceptors (Lipinski definition) is 5. The molecule has 4 aliphatic rings. The zero-order valence-electron chi connectivity index (χ0n) is 23.0. The second-order valence-corrected chi connectivity index (χ2v) is 11.5. The van der Waals surface area contributed by atoms with E-state index in [1.165, 1.54) is 6.42 Å². The molecule has 6 atom stereocenters. The van der Waals surface area contributed by atoms with E-state index in [0.29, 0.717) is 17.9 Å². The Morgan fingerprint density at radius 3 is 2.42 bits per heavy atom. The number of benzene rings is 2. The fourth-order valence-corrected chi connectivity index (χ4v) is 6.86. The van der Waals surface area contributed by atoms with Gasteiger partial charge in [-0.05, 0) is 62.6 Å². The summed E-state index contributed by atoms with van der Waals surface area (Å²) in [6.45, 7) is 3.96. The van der Waals surface area contributed by atoms with Gasteiger partial charge in [0.2, 0.25) is 17.7 Å². The average molecular weight is 544 g/mol. The van der Waals surface area contributed by atoms with Gasteiger partial charge in [-0.2, -0.15) is 0 Å². The van der Waals surface area contributed by atoms with Crippen LogP contribution in [0.15, 0.2) is 66.7 Å². The Morgan fingerprint density at radius 2 is 1.73 bits per heavy atom. The lowest BCUT2D eigenvalue weighted by atomic mass is 9.74. The molecule has 2 aromatic rings. The van der Waals surface area contributed by atoms with Gasteiger partial charge in [0.05, 0.1) is 17.9 Å². The minimum absolute atomic E-state index is 0.112. The lowest BCUT2D eigenvalue weighted by Crippen LogP contribution is -2.58. The van der Waals surface area contributed by atoms with Crippen LogP contribution >= 0.6 is 0 Å². The molecule has 2 aromatic carbocycles. The van der Waals surface area contributed by atoms with Crippen LogP contribution in [-0.4, -0.2) is 52.5 Å². The molecular formula is C32H37N3O5. The first kappa shape index (κ1) is 26.6. The number of nitrogens with one attached hydrogen (secondary N) is 2. The maximum absolute atomic E-state index is 14.0. The molecule has 2 N–H and O–H groups in total. The van der Waals surface area contributed by atoms with Gasteiger partial charge in [0.15, 0.2) is 0 Å². The zero-order valence-corrected chi connectivity index (χ0v) is 23.0. The second kappa shape index (κ2) is 10.7. The Labute approximate surface area is 235 Å². The second-order valence-electron chi connectivity index (χ2n) is 11.5. The molecule has 3 aliphatic heterocycles. The third kappa shape index (κ3) is 4.58. The molecule has 2 saturated heterocycles. The van der Waals surface area contributed by atoms with Crippen LogP contribution in [-0.2, 0) is 19.1 Å². The highest BCUT2D eigenvalue weighted by atomic mass is 16.5. The first-order chi connectivity index (χ1) is 19.4. The van der Waals surface area contributed by atoms with Crippen molar-refractivity contribution in [3.63, 3.8) is 0 Å². The van der Waals surface area contributed by atoms with Gasteiger partial charge in [-0.15, -0.1) is 0 Å². The van der Waals surface area contributed by atoms with Crippen LogP contribution in [0.5, 0.6) is 11.5 Å². The van der Waals surface area contributed by atoms with Gasteiger partial charge in [0, 0.05) is 17.8 Å². The summed E-state index contributed by atoms with van der Waals surface area (Å²) in [4.78, 5) is 43.2. The van der Waals surface area contributed by atoms with E-state index in [0.717, 1.165) is 31.4 Å². The van der Waals surface area contributed by atoms with Gasteiger partial charge in [-0.1, -0.05) is 56.5 Å². The van der Waals surface area contributed by atoms with Crippen LogP contribution in [0, 0.1) is 11.8 Å². The summed E-state index contributed by atoms with van der Waals surface area (Å²) in [5.41, 5.74) is -0.540. The van der Waals surface area contributed by atoms with Gasteiger partial charge in [-0.25, -0.2) is 0 Å². The fourth-order valence-electron chi connectivity index (χ4n) is 6.86. The standard InChI is InChI=1S/C32H37N3O5/c1-3-20(2)35-28(30(37)34-21-10-6-4-7-11-21)32-19-18-25(40-32)26(27(32)31(35)38)29(36)33-22-14-16-24(17-15-22)39-23-12-8-5-9-13-23/h5,8-9,12-21,25-28H,3-4,6-7,10-11H2,1-2H3,(H,33,36)(H,34,37)/t20-,25-,26+,27-,28-,32-/m0/s1. The molecule has 1 aliphatic carbocycles. The smallest absolute Gasteiger partial charge is 0.246 e. The van der Waals surface area contributed by atoms with Crippen molar-refractivity contribution in [3.05, 3.63) is 66.7 Å². The van der Waals surface area contributed by atoms with E-state index in [-0.39, 0.29) is 29.8 Å². The number of para-hydroxylation sites is 1. The normalized spacial score (nSPS) is 29.8. The quantitative estimate of drug-likeness (QED) is 0.466. The van der Waals surface area contributed by atoms with Crippen molar-refractivity contribution >= 4 is 23.4 Å². The molecule has 0 aromatic heterocycles. The van der Waals surface area contributed by atoms with Gasteiger partial charge in [-0.3, -0.25) is 14.4 Å². The zero-order chi connectivity index (χ0) is 27.9. The molecule has 3 amide bonds. The molecule has 0 unspecified atom stereocenters. The molecule has 40 heavy (non-hydrogen) atoms. The predicted molar refractivity (Wildman–Crippen MR) is 151 cm³/mol. The van der Waals surface area contributed by atoms with E-state index in [1.807, 2.05) is 56.3 Å². The lowest BCUT2D eigenvalue weighted by Gasteiger charge is -2.36. The molecule has 3 heterocycles.